The van der Waals surface area contributed by atoms with E-state index in [4.69, 9.17) is 10.00 Å². The molecule has 0 saturated carbocycles. The largest absolute Gasteiger partial charge is 0.388 e. The van der Waals surface area contributed by atoms with Gasteiger partial charge in [-0.15, -0.1) is 0 Å². The van der Waals surface area contributed by atoms with Gasteiger partial charge in [-0.2, -0.15) is 5.26 Å². The van der Waals surface area contributed by atoms with Gasteiger partial charge in [-0.3, -0.25) is 0 Å². The Labute approximate surface area is 119 Å². The van der Waals surface area contributed by atoms with Gasteiger partial charge in [0.05, 0.1) is 21.3 Å². The van der Waals surface area contributed by atoms with Crippen LogP contribution in [0.4, 0.5) is 10.1 Å². The molecular weight excluding hydrogens is 315 g/mol. The molecule has 102 valence electrons. The first-order valence-corrected chi connectivity index (χ1v) is 6.77. The maximum Gasteiger partial charge on any atom is 0.161 e. The van der Waals surface area contributed by atoms with Crippen molar-refractivity contribution in [2.45, 2.75) is 18.4 Å². The average molecular weight is 329 g/mol. The molecule has 1 saturated heterocycles. The summed E-state index contributed by atoms with van der Waals surface area (Å²) in [6, 6.07) is 4.93. The number of rotatable bonds is 3. The summed E-state index contributed by atoms with van der Waals surface area (Å²) in [6.45, 7) is 1.28. The second-order valence-corrected chi connectivity index (χ2v) is 5.38. The molecule has 0 spiro atoms. The first-order chi connectivity index (χ1) is 9.06. The van der Waals surface area contributed by atoms with Gasteiger partial charge in [0, 0.05) is 32.6 Å². The molecule has 2 N–H and O–H groups in total. The van der Waals surface area contributed by atoms with Crippen molar-refractivity contribution in [1.82, 2.24) is 0 Å². The Hall–Kier alpha value is -1.16. The Morgan fingerprint density at radius 2 is 2.16 bits per heavy atom. The van der Waals surface area contributed by atoms with Crippen molar-refractivity contribution < 1.29 is 14.2 Å². The first-order valence-electron chi connectivity index (χ1n) is 5.98. The minimum atomic E-state index is -0.870. The third-order valence-corrected chi connectivity index (χ3v) is 4.01. The number of hydrogen-bond acceptors (Lipinski definition) is 4. The van der Waals surface area contributed by atoms with Gasteiger partial charge >= 0.3 is 0 Å². The summed E-state index contributed by atoms with van der Waals surface area (Å²) in [6.07, 6.45) is 1.05. The fourth-order valence-corrected chi connectivity index (χ4v) is 2.39. The van der Waals surface area contributed by atoms with E-state index in [1.807, 2.05) is 6.07 Å². The van der Waals surface area contributed by atoms with E-state index in [2.05, 4.69) is 21.2 Å². The second-order valence-electron chi connectivity index (χ2n) is 4.59. The molecule has 1 aliphatic heterocycles. The molecule has 0 amide bonds. The summed E-state index contributed by atoms with van der Waals surface area (Å²) in [4.78, 5) is 0. The zero-order valence-electron chi connectivity index (χ0n) is 10.2. The van der Waals surface area contributed by atoms with E-state index < -0.39 is 11.4 Å². The summed E-state index contributed by atoms with van der Waals surface area (Å²) in [5.41, 5.74) is -0.357. The van der Waals surface area contributed by atoms with E-state index in [1.54, 1.807) is 0 Å². The van der Waals surface area contributed by atoms with Crippen molar-refractivity contribution in [1.29, 1.82) is 5.26 Å². The van der Waals surface area contributed by atoms with Crippen molar-refractivity contribution in [2.75, 3.05) is 25.1 Å². The molecule has 2 rings (SSSR count). The molecule has 0 aromatic heterocycles. The lowest BCUT2D eigenvalue weighted by Crippen LogP contribution is -2.42. The molecule has 0 aliphatic carbocycles. The van der Waals surface area contributed by atoms with E-state index in [9.17, 15) is 9.50 Å². The normalized spacial score (nSPS) is 17.8. The van der Waals surface area contributed by atoms with Gasteiger partial charge < -0.3 is 15.2 Å². The lowest BCUT2D eigenvalue weighted by molar-refractivity contribution is -0.0543. The predicted molar refractivity (Wildman–Crippen MR) is 72.3 cm³/mol. The second kappa shape index (κ2) is 5.87. The molecule has 19 heavy (non-hydrogen) atoms. The molecule has 4 nitrogen and oxygen atoms in total. The SMILES string of the molecule is N#Cc1ccc(NCC2(O)CCOCC2)c(F)c1Br. The third-order valence-electron chi connectivity index (χ3n) is 3.23. The number of ether oxygens (including phenoxy) is 1. The predicted octanol–water partition coefficient (Wildman–Crippen LogP) is 2.41. The number of anilines is 1. The minimum absolute atomic E-state index is 0.138. The van der Waals surface area contributed by atoms with Crippen molar-refractivity contribution >= 4 is 21.6 Å². The summed E-state index contributed by atoms with van der Waals surface area (Å²) in [7, 11) is 0. The smallest absolute Gasteiger partial charge is 0.161 e. The monoisotopic (exact) mass is 328 g/mol. The molecule has 6 heteroatoms. The van der Waals surface area contributed by atoms with E-state index in [0.717, 1.165) is 0 Å². The molecule has 0 radical (unpaired) electrons. The number of hydrogen-bond donors (Lipinski definition) is 2. The molecule has 0 unspecified atom stereocenters. The van der Waals surface area contributed by atoms with Crippen LogP contribution in [0.25, 0.3) is 0 Å². The fourth-order valence-electron chi connectivity index (χ4n) is 1.96. The van der Waals surface area contributed by atoms with Gasteiger partial charge in [0.2, 0.25) is 0 Å². The third kappa shape index (κ3) is 3.24. The van der Waals surface area contributed by atoms with Crippen LogP contribution in [-0.4, -0.2) is 30.5 Å². The van der Waals surface area contributed by atoms with Crippen LogP contribution in [0.2, 0.25) is 0 Å². The van der Waals surface area contributed by atoms with Crippen LogP contribution >= 0.6 is 15.9 Å². The van der Waals surface area contributed by atoms with Gasteiger partial charge in [0.25, 0.3) is 0 Å². The highest BCUT2D eigenvalue weighted by atomic mass is 79.9. The number of nitrogens with zero attached hydrogens (tertiary/aromatic N) is 1. The van der Waals surface area contributed by atoms with Gasteiger partial charge in [-0.1, -0.05) is 0 Å². The number of nitrogens with one attached hydrogen (secondary N) is 1. The molecule has 1 heterocycles. The Morgan fingerprint density at radius 1 is 1.47 bits per heavy atom. The van der Waals surface area contributed by atoms with Crippen LogP contribution in [0, 0.1) is 17.1 Å². The Kier molecular flexibility index (Phi) is 4.40. The Balaban J connectivity index is 2.08. The molecule has 1 aromatic carbocycles. The van der Waals surface area contributed by atoms with Crippen molar-refractivity contribution in [3.63, 3.8) is 0 Å². The maximum absolute atomic E-state index is 14.0. The van der Waals surface area contributed by atoms with Crippen LogP contribution in [0.5, 0.6) is 0 Å². The molecule has 1 fully saturated rings. The lowest BCUT2D eigenvalue weighted by atomic mass is 9.94. The first kappa shape index (κ1) is 14.3. The van der Waals surface area contributed by atoms with Crippen LogP contribution in [0.3, 0.4) is 0 Å². The fraction of sp³-hybridized carbons (Fsp3) is 0.462. The van der Waals surface area contributed by atoms with E-state index in [1.165, 1.54) is 12.1 Å². The van der Waals surface area contributed by atoms with Gasteiger partial charge in [0.1, 0.15) is 6.07 Å². The van der Waals surface area contributed by atoms with Crippen LogP contribution in [0.1, 0.15) is 18.4 Å². The zero-order valence-corrected chi connectivity index (χ0v) is 11.8. The number of aliphatic hydroxyl groups is 1. The topological polar surface area (TPSA) is 65.3 Å². The Bertz CT molecular complexity index is 510. The lowest BCUT2D eigenvalue weighted by Gasteiger charge is -2.32. The molecular formula is C13H14BrFN2O2. The van der Waals surface area contributed by atoms with Gasteiger partial charge in [-0.05, 0) is 28.1 Å². The van der Waals surface area contributed by atoms with Crippen molar-refractivity contribution in [2.24, 2.45) is 0 Å². The summed E-state index contributed by atoms with van der Waals surface area (Å²) >= 11 is 3.05. The number of benzene rings is 1. The standard InChI is InChI=1S/C13H14BrFN2O2/c14-11-9(7-16)1-2-10(12(11)15)17-8-13(18)3-5-19-6-4-13/h1-2,17-18H,3-6,8H2. The molecule has 0 bridgehead atoms. The Morgan fingerprint density at radius 3 is 2.79 bits per heavy atom. The maximum atomic E-state index is 14.0. The van der Waals surface area contributed by atoms with Crippen molar-refractivity contribution in [3.05, 3.63) is 28.0 Å². The van der Waals surface area contributed by atoms with Gasteiger partial charge in [0.15, 0.2) is 5.82 Å². The average Bonchev–Trinajstić information content (AvgIpc) is 2.41. The van der Waals surface area contributed by atoms with Crippen molar-refractivity contribution in [3.8, 4) is 6.07 Å². The zero-order chi connectivity index (χ0) is 13.9. The highest BCUT2D eigenvalue weighted by Crippen LogP contribution is 2.28. The van der Waals surface area contributed by atoms with Crippen LogP contribution in [0.15, 0.2) is 16.6 Å². The van der Waals surface area contributed by atoms with E-state index >= 15 is 0 Å². The summed E-state index contributed by atoms with van der Waals surface area (Å²) in [5.74, 6) is -0.519. The number of nitriles is 1. The molecule has 0 atom stereocenters. The summed E-state index contributed by atoms with van der Waals surface area (Å²) in [5, 5.41) is 21.9. The van der Waals surface area contributed by atoms with Crippen LogP contribution in [-0.2, 0) is 4.74 Å². The highest BCUT2D eigenvalue weighted by molar-refractivity contribution is 9.10. The minimum Gasteiger partial charge on any atom is -0.388 e. The highest BCUT2D eigenvalue weighted by Gasteiger charge is 2.29. The van der Waals surface area contributed by atoms with Crippen LogP contribution < -0.4 is 5.32 Å². The number of halogens is 2. The quantitative estimate of drug-likeness (QED) is 0.894. The van der Waals surface area contributed by atoms with E-state index in [0.29, 0.717) is 26.1 Å². The van der Waals surface area contributed by atoms with E-state index in [-0.39, 0.29) is 22.3 Å². The van der Waals surface area contributed by atoms with Gasteiger partial charge in [-0.25, -0.2) is 4.39 Å². The molecule has 1 aliphatic rings. The molecule has 1 aromatic rings. The summed E-state index contributed by atoms with van der Waals surface area (Å²) < 4.78 is 19.3.